The Morgan fingerprint density at radius 2 is 1.66 bits per heavy atom. The van der Waals surface area contributed by atoms with Gasteiger partial charge in [0.2, 0.25) is 23.6 Å². The van der Waals surface area contributed by atoms with Crippen molar-refractivity contribution in [3.63, 3.8) is 0 Å². The van der Waals surface area contributed by atoms with E-state index in [9.17, 15) is 24.0 Å². The Morgan fingerprint density at radius 1 is 1.00 bits per heavy atom. The fourth-order valence-corrected chi connectivity index (χ4v) is 2.55. The molecule has 0 aromatic heterocycles. The van der Waals surface area contributed by atoms with Crippen LogP contribution >= 0.6 is 0 Å². The Kier molecular flexibility index (Phi) is 9.86. The molecule has 0 aliphatic heterocycles. The van der Waals surface area contributed by atoms with Gasteiger partial charge in [-0.15, -0.1) is 0 Å². The number of rotatable bonds is 12. The molecule has 1 rings (SSSR count). The molecule has 1 aromatic carbocycles. The van der Waals surface area contributed by atoms with Gasteiger partial charge in [0.15, 0.2) is 0 Å². The van der Waals surface area contributed by atoms with Gasteiger partial charge in [-0.3, -0.25) is 24.0 Å². The lowest BCUT2D eigenvalue weighted by Gasteiger charge is -2.18. The van der Waals surface area contributed by atoms with Crippen LogP contribution in [0, 0.1) is 0 Å². The molecule has 0 heterocycles. The minimum absolute atomic E-state index is 0.0278. The second-order valence-electron chi connectivity index (χ2n) is 6.44. The van der Waals surface area contributed by atoms with E-state index in [0.717, 1.165) is 5.56 Å². The predicted molar refractivity (Wildman–Crippen MR) is 103 cm³/mol. The summed E-state index contributed by atoms with van der Waals surface area (Å²) in [7, 11) is 0. The van der Waals surface area contributed by atoms with E-state index in [4.69, 9.17) is 10.8 Å². The number of carboxylic acid groups (broad SMARTS) is 1. The normalized spacial score (nSPS) is 12.3. The van der Waals surface area contributed by atoms with Crippen LogP contribution in [-0.4, -0.2) is 53.3 Å². The Hall–Kier alpha value is -3.43. The fourth-order valence-electron chi connectivity index (χ4n) is 2.55. The van der Waals surface area contributed by atoms with E-state index in [1.54, 1.807) is 0 Å². The third-order valence-corrected chi connectivity index (χ3v) is 3.95. The summed E-state index contributed by atoms with van der Waals surface area (Å²) in [5, 5.41) is 16.1. The van der Waals surface area contributed by atoms with Gasteiger partial charge in [-0.25, -0.2) is 0 Å². The molecular weight excluding hydrogens is 380 g/mol. The molecule has 2 atom stereocenters. The number of hydrogen-bond donors (Lipinski definition) is 5. The Bertz CT molecular complexity index is 737. The van der Waals surface area contributed by atoms with Crippen molar-refractivity contribution in [3.8, 4) is 0 Å². The van der Waals surface area contributed by atoms with Crippen LogP contribution in [0.3, 0.4) is 0 Å². The number of carbonyl (C=O) groups excluding carboxylic acids is 4. The highest BCUT2D eigenvalue weighted by Gasteiger charge is 2.21. The van der Waals surface area contributed by atoms with Crippen LogP contribution in [0.25, 0.3) is 0 Å². The van der Waals surface area contributed by atoms with Gasteiger partial charge in [0, 0.05) is 32.7 Å². The summed E-state index contributed by atoms with van der Waals surface area (Å²) in [6.07, 6.45) is -0.287. The number of nitrogens with one attached hydrogen (secondary N) is 3. The third kappa shape index (κ3) is 9.89. The highest BCUT2D eigenvalue weighted by molar-refractivity contribution is 5.88. The monoisotopic (exact) mass is 406 g/mol. The van der Waals surface area contributed by atoms with Crippen molar-refractivity contribution in [1.29, 1.82) is 0 Å². The molecule has 1 aromatic rings. The van der Waals surface area contributed by atoms with Crippen LogP contribution in [0.15, 0.2) is 30.3 Å². The second-order valence-corrected chi connectivity index (χ2v) is 6.44. The molecular formula is C19H26N4O6. The number of aliphatic carboxylic acids is 1. The number of nitrogens with two attached hydrogens (primary N) is 1. The van der Waals surface area contributed by atoms with Crippen molar-refractivity contribution in [1.82, 2.24) is 16.0 Å². The van der Waals surface area contributed by atoms with Crippen molar-refractivity contribution in [2.45, 2.75) is 44.7 Å². The average molecular weight is 406 g/mol. The molecule has 158 valence electrons. The van der Waals surface area contributed by atoms with E-state index in [2.05, 4.69) is 16.0 Å². The summed E-state index contributed by atoms with van der Waals surface area (Å²) in [6.45, 7) is 1.28. The molecule has 0 aliphatic carbocycles. The lowest BCUT2D eigenvalue weighted by atomic mass is 10.1. The SMILES string of the molecule is CC(=O)NC(Cc1ccccc1)C(=O)NCCC(=O)NC(CCC(=O)O)C(N)=O. The smallest absolute Gasteiger partial charge is 0.303 e. The van der Waals surface area contributed by atoms with E-state index >= 15 is 0 Å². The molecule has 0 fully saturated rings. The summed E-state index contributed by atoms with van der Waals surface area (Å²) >= 11 is 0. The number of benzene rings is 1. The van der Waals surface area contributed by atoms with Crippen molar-refractivity contribution in [2.24, 2.45) is 5.73 Å². The molecule has 29 heavy (non-hydrogen) atoms. The predicted octanol–water partition coefficient (Wildman–Crippen LogP) is -0.925. The molecule has 10 heteroatoms. The van der Waals surface area contributed by atoms with E-state index in [1.807, 2.05) is 30.3 Å². The topological polar surface area (TPSA) is 168 Å². The van der Waals surface area contributed by atoms with E-state index in [0.29, 0.717) is 0 Å². The highest BCUT2D eigenvalue weighted by atomic mass is 16.4. The number of primary amides is 1. The molecule has 0 aliphatic rings. The number of amides is 4. The van der Waals surface area contributed by atoms with Gasteiger partial charge in [-0.05, 0) is 12.0 Å². The van der Waals surface area contributed by atoms with E-state index < -0.39 is 35.8 Å². The zero-order chi connectivity index (χ0) is 21.8. The summed E-state index contributed by atoms with van der Waals surface area (Å²) in [5.74, 6) is -3.31. The van der Waals surface area contributed by atoms with Gasteiger partial charge in [0.05, 0.1) is 0 Å². The van der Waals surface area contributed by atoms with Crippen molar-refractivity contribution >= 4 is 29.6 Å². The van der Waals surface area contributed by atoms with Crippen LogP contribution in [0.4, 0.5) is 0 Å². The highest BCUT2D eigenvalue weighted by Crippen LogP contribution is 2.04. The summed E-state index contributed by atoms with van der Waals surface area (Å²) in [6, 6.07) is 7.24. The standard InChI is InChI=1S/C19H26N4O6/c1-12(24)22-15(11-13-5-3-2-4-6-13)19(29)21-10-9-16(25)23-14(18(20)28)7-8-17(26)27/h2-6,14-15H,7-11H2,1H3,(H2,20,28)(H,21,29)(H,22,24)(H,23,25)(H,26,27). The van der Waals surface area contributed by atoms with Gasteiger partial charge >= 0.3 is 5.97 Å². The summed E-state index contributed by atoms with van der Waals surface area (Å²) in [4.78, 5) is 57.6. The summed E-state index contributed by atoms with van der Waals surface area (Å²) in [5.41, 5.74) is 6.01. The van der Waals surface area contributed by atoms with Crippen molar-refractivity contribution in [2.75, 3.05) is 6.54 Å². The van der Waals surface area contributed by atoms with Crippen LogP contribution in [0.2, 0.25) is 0 Å². The van der Waals surface area contributed by atoms with E-state index in [-0.39, 0.29) is 38.1 Å². The first kappa shape index (κ1) is 23.6. The molecule has 0 saturated heterocycles. The second kappa shape index (κ2) is 12.1. The van der Waals surface area contributed by atoms with Crippen molar-refractivity contribution in [3.05, 3.63) is 35.9 Å². The van der Waals surface area contributed by atoms with Gasteiger partial charge in [0.25, 0.3) is 0 Å². The molecule has 10 nitrogen and oxygen atoms in total. The van der Waals surface area contributed by atoms with E-state index in [1.165, 1.54) is 6.92 Å². The Morgan fingerprint density at radius 3 is 2.21 bits per heavy atom. The maximum absolute atomic E-state index is 12.4. The molecule has 0 radical (unpaired) electrons. The van der Waals surface area contributed by atoms with Crippen LogP contribution in [0.1, 0.15) is 31.7 Å². The number of carbonyl (C=O) groups is 5. The van der Waals surface area contributed by atoms with Gasteiger partial charge < -0.3 is 26.8 Å². The lowest BCUT2D eigenvalue weighted by Crippen LogP contribution is -2.49. The maximum Gasteiger partial charge on any atom is 0.303 e. The van der Waals surface area contributed by atoms with Crippen LogP contribution in [-0.2, 0) is 30.4 Å². The first-order valence-corrected chi connectivity index (χ1v) is 9.08. The Balaban J connectivity index is 2.52. The minimum Gasteiger partial charge on any atom is -0.481 e. The zero-order valence-electron chi connectivity index (χ0n) is 16.1. The van der Waals surface area contributed by atoms with Gasteiger partial charge in [0.1, 0.15) is 12.1 Å². The zero-order valence-corrected chi connectivity index (χ0v) is 16.1. The quantitative estimate of drug-likeness (QED) is 0.301. The van der Waals surface area contributed by atoms with Crippen molar-refractivity contribution < 1.29 is 29.1 Å². The Labute approximate surface area is 168 Å². The minimum atomic E-state index is -1.11. The van der Waals surface area contributed by atoms with Gasteiger partial charge in [-0.1, -0.05) is 30.3 Å². The lowest BCUT2D eigenvalue weighted by molar-refractivity contribution is -0.138. The first-order chi connectivity index (χ1) is 13.7. The first-order valence-electron chi connectivity index (χ1n) is 9.08. The van der Waals surface area contributed by atoms with Crippen LogP contribution in [0.5, 0.6) is 0 Å². The molecule has 0 saturated carbocycles. The number of carboxylic acids is 1. The molecule has 4 amide bonds. The molecule has 2 unspecified atom stereocenters. The molecule has 0 bridgehead atoms. The van der Waals surface area contributed by atoms with Gasteiger partial charge in [-0.2, -0.15) is 0 Å². The maximum atomic E-state index is 12.4. The van der Waals surface area contributed by atoms with Crippen LogP contribution < -0.4 is 21.7 Å². The molecule has 0 spiro atoms. The summed E-state index contributed by atoms with van der Waals surface area (Å²) < 4.78 is 0. The number of hydrogen-bond acceptors (Lipinski definition) is 5. The third-order valence-electron chi connectivity index (χ3n) is 3.95. The molecule has 6 N–H and O–H groups in total. The fraction of sp³-hybridized carbons (Fsp3) is 0.421. The average Bonchev–Trinajstić information content (AvgIpc) is 2.64. The largest absolute Gasteiger partial charge is 0.481 e.